The van der Waals surface area contributed by atoms with Gasteiger partial charge in [-0.05, 0) is 50.2 Å². The Morgan fingerprint density at radius 2 is 2.12 bits per heavy atom. The molecule has 0 aromatic rings. The van der Waals surface area contributed by atoms with Crippen LogP contribution in [0, 0.1) is 17.8 Å². The van der Waals surface area contributed by atoms with Gasteiger partial charge < -0.3 is 15.3 Å². The average molecular weight is 242 g/mol. The molecular weight excluding hydrogens is 212 g/mol. The Morgan fingerprint density at radius 1 is 1.35 bits per heavy atom. The van der Waals surface area contributed by atoms with Crippen molar-refractivity contribution >= 4 is 0 Å². The average Bonchev–Trinajstić information content (AvgIpc) is 2.29. The highest BCUT2D eigenvalue weighted by Gasteiger charge is 2.20. The molecule has 2 N–H and O–H groups in total. The second-order valence-corrected chi connectivity index (χ2v) is 6.11. The van der Waals surface area contributed by atoms with Gasteiger partial charge in [0.2, 0.25) is 0 Å². The van der Waals surface area contributed by atoms with Gasteiger partial charge in [-0.2, -0.15) is 0 Å². The van der Waals surface area contributed by atoms with Gasteiger partial charge in [0.1, 0.15) is 0 Å². The van der Waals surface area contributed by atoms with Crippen molar-refractivity contribution in [1.29, 1.82) is 0 Å². The predicted octanol–water partition coefficient (Wildman–Crippen LogP) is 1.57. The van der Waals surface area contributed by atoms with Crippen LogP contribution >= 0.6 is 0 Å². The number of rotatable bonds is 7. The van der Waals surface area contributed by atoms with Gasteiger partial charge in [-0.1, -0.05) is 20.8 Å². The minimum Gasteiger partial charge on any atom is -0.396 e. The first-order chi connectivity index (χ1) is 8.11. The topological polar surface area (TPSA) is 35.5 Å². The zero-order valence-electron chi connectivity index (χ0n) is 11.8. The van der Waals surface area contributed by atoms with Crippen molar-refractivity contribution in [2.45, 2.75) is 33.6 Å². The molecule has 1 rings (SSSR count). The third-order valence-corrected chi connectivity index (χ3v) is 3.47. The fourth-order valence-electron chi connectivity index (χ4n) is 2.56. The summed E-state index contributed by atoms with van der Waals surface area (Å²) in [5, 5.41) is 12.7. The molecule has 1 saturated heterocycles. The Kier molecular flexibility index (Phi) is 7.09. The predicted molar refractivity (Wildman–Crippen MR) is 73.1 cm³/mol. The molecule has 3 nitrogen and oxygen atoms in total. The molecule has 0 aromatic carbocycles. The minimum atomic E-state index is 0.312. The van der Waals surface area contributed by atoms with Gasteiger partial charge in [-0.3, -0.25) is 0 Å². The molecule has 0 bridgehead atoms. The number of nitrogens with zero attached hydrogens (tertiary/aromatic N) is 1. The first-order valence-electron chi connectivity index (χ1n) is 7.15. The first-order valence-corrected chi connectivity index (χ1v) is 7.15. The SMILES string of the molecule is CC(C)CNCC1CCCN(CC(C)CO)C1. The largest absolute Gasteiger partial charge is 0.396 e. The number of likely N-dealkylation sites (tertiary alicyclic amines) is 1. The lowest BCUT2D eigenvalue weighted by molar-refractivity contribution is 0.127. The lowest BCUT2D eigenvalue weighted by Crippen LogP contribution is -2.42. The van der Waals surface area contributed by atoms with Crippen molar-refractivity contribution in [1.82, 2.24) is 10.2 Å². The Balaban J connectivity index is 2.19. The van der Waals surface area contributed by atoms with Crippen molar-refractivity contribution in [3.8, 4) is 0 Å². The molecule has 1 aliphatic heterocycles. The van der Waals surface area contributed by atoms with E-state index in [4.69, 9.17) is 5.11 Å². The van der Waals surface area contributed by atoms with Crippen LogP contribution in [0.15, 0.2) is 0 Å². The van der Waals surface area contributed by atoms with Gasteiger partial charge in [-0.15, -0.1) is 0 Å². The molecule has 2 atom stereocenters. The van der Waals surface area contributed by atoms with Crippen LogP contribution in [0.25, 0.3) is 0 Å². The van der Waals surface area contributed by atoms with Crippen molar-refractivity contribution in [2.75, 3.05) is 39.3 Å². The summed E-state index contributed by atoms with van der Waals surface area (Å²) in [6, 6.07) is 0. The van der Waals surface area contributed by atoms with Crippen molar-refractivity contribution in [3.63, 3.8) is 0 Å². The van der Waals surface area contributed by atoms with Gasteiger partial charge in [0.25, 0.3) is 0 Å². The highest BCUT2D eigenvalue weighted by atomic mass is 16.3. The zero-order valence-corrected chi connectivity index (χ0v) is 11.8. The standard InChI is InChI=1S/C14H30N2O/c1-12(2)7-15-8-14-5-4-6-16(10-14)9-13(3)11-17/h12-15,17H,4-11H2,1-3H3. The van der Waals surface area contributed by atoms with E-state index < -0.39 is 0 Å². The van der Waals surface area contributed by atoms with Crippen LogP contribution in [0.2, 0.25) is 0 Å². The summed E-state index contributed by atoms with van der Waals surface area (Å²) in [5.41, 5.74) is 0. The molecular formula is C14H30N2O. The lowest BCUT2D eigenvalue weighted by Gasteiger charge is -2.34. The molecule has 1 aliphatic rings. The van der Waals surface area contributed by atoms with E-state index in [1.54, 1.807) is 0 Å². The lowest BCUT2D eigenvalue weighted by atomic mass is 9.97. The van der Waals surface area contributed by atoms with E-state index in [-0.39, 0.29) is 0 Å². The summed E-state index contributed by atoms with van der Waals surface area (Å²) >= 11 is 0. The third kappa shape index (κ3) is 6.39. The summed E-state index contributed by atoms with van der Waals surface area (Å²) < 4.78 is 0. The van der Waals surface area contributed by atoms with Crippen LogP contribution in [0.4, 0.5) is 0 Å². The van der Waals surface area contributed by atoms with Crippen LogP contribution in [-0.2, 0) is 0 Å². The Morgan fingerprint density at radius 3 is 2.76 bits per heavy atom. The monoisotopic (exact) mass is 242 g/mol. The zero-order chi connectivity index (χ0) is 12.7. The van der Waals surface area contributed by atoms with E-state index in [1.807, 2.05) is 0 Å². The molecule has 17 heavy (non-hydrogen) atoms. The highest BCUT2D eigenvalue weighted by molar-refractivity contribution is 4.75. The number of piperidine rings is 1. The van der Waals surface area contributed by atoms with E-state index in [0.29, 0.717) is 12.5 Å². The van der Waals surface area contributed by atoms with Crippen LogP contribution in [0.1, 0.15) is 33.6 Å². The number of nitrogens with one attached hydrogen (secondary N) is 1. The summed E-state index contributed by atoms with van der Waals surface area (Å²) in [5.74, 6) is 1.95. The maximum Gasteiger partial charge on any atom is 0.0468 e. The molecule has 0 spiro atoms. The molecule has 0 aromatic heterocycles. The summed E-state index contributed by atoms with van der Waals surface area (Å²) in [7, 11) is 0. The maximum atomic E-state index is 9.09. The van der Waals surface area contributed by atoms with E-state index in [0.717, 1.165) is 31.5 Å². The Bertz CT molecular complexity index is 197. The van der Waals surface area contributed by atoms with Crippen molar-refractivity contribution < 1.29 is 5.11 Å². The molecule has 102 valence electrons. The summed E-state index contributed by atoms with van der Waals surface area (Å²) in [6.07, 6.45) is 2.67. The highest BCUT2D eigenvalue weighted by Crippen LogP contribution is 2.16. The minimum absolute atomic E-state index is 0.312. The first kappa shape index (κ1) is 14.9. The van der Waals surface area contributed by atoms with E-state index in [2.05, 4.69) is 31.0 Å². The molecule has 3 heteroatoms. The molecule has 0 radical (unpaired) electrons. The fraction of sp³-hybridized carbons (Fsp3) is 1.00. The molecule has 1 heterocycles. The molecule has 0 amide bonds. The fourth-order valence-corrected chi connectivity index (χ4v) is 2.56. The van der Waals surface area contributed by atoms with Gasteiger partial charge in [0.05, 0.1) is 0 Å². The van der Waals surface area contributed by atoms with Crippen LogP contribution in [0.3, 0.4) is 0 Å². The number of aliphatic hydroxyl groups excluding tert-OH is 1. The maximum absolute atomic E-state index is 9.09. The van der Waals surface area contributed by atoms with Crippen LogP contribution in [0.5, 0.6) is 0 Å². The third-order valence-electron chi connectivity index (χ3n) is 3.47. The molecule has 1 fully saturated rings. The number of hydrogen-bond donors (Lipinski definition) is 2. The van der Waals surface area contributed by atoms with Gasteiger partial charge in [-0.25, -0.2) is 0 Å². The number of aliphatic hydroxyl groups is 1. The molecule has 0 saturated carbocycles. The summed E-state index contributed by atoms with van der Waals surface area (Å²) in [4.78, 5) is 2.52. The van der Waals surface area contributed by atoms with Gasteiger partial charge in [0.15, 0.2) is 0 Å². The van der Waals surface area contributed by atoms with Crippen LogP contribution in [-0.4, -0.2) is 49.3 Å². The van der Waals surface area contributed by atoms with Crippen LogP contribution < -0.4 is 5.32 Å². The quantitative estimate of drug-likeness (QED) is 0.711. The van der Waals surface area contributed by atoms with Gasteiger partial charge >= 0.3 is 0 Å². The van der Waals surface area contributed by atoms with Gasteiger partial charge in [0, 0.05) is 19.7 Å². The molecule has 0 aliphatic carbocycles. The van der Waals surface area contributed by atoms with Crippen molar-refractivity contribution in [2.24, 2.45) is 17.8 Å². The normalized spacial score (nSPS) is 24.2. The Hall–Kier alpha value is -0.120. The molecule has 2 unspecified atom stereocenters. The number of hydrogen-bond acceptors (Lipinski definition) is 3. The van der Waals surface area contributed by atoms with E-state index in [9.17, 15) is 0 Å². The Labute approximate surface area is 107 Å². The van der Waals surface area contributed by atoms with E-state index >= 15 is 0 Å². The second-order valence-electron chi connectivity index (χ2n) is 6.11. The smallest absolute Gasteiger partial charge is 0.0468 e. The summed E-state index contributed by atoms with van der Waals surface area (Å²) in [6.45, 7) is 12.7. The van der Waals surface area contributed by atoms with Crippen molar-refractivity contribution in [3.05, 3.63) is 0 Å². The second kappa shape index (κ2) is 8.06. The van der Waals surface area contributed by atoms with E-state index in [1.165, 1.54) is 25.9 Å².